The molecule has 0 aliphatic rings. The van der Waals surface area contributed by atoms with Gasteiger partial charge in [0.2, 0.25) is 10.1 Å². The van der Waals surface area contributed by atoms with Gasteiger partial charge < -0.3 is 10.2 Å². The standard InChI is InChI=1S/C19H19N5S/c1-23(2)16-10-8-14(9-11-16)12-20-18-22-24-13-17(21-19(24)25-18)15-6-4-3-5-7-15/h3-11,13H,12H2,1-2H3,(H,20,22). The topological polar surface area (TPSA) is 45.5 Å². The van der Waals surface area contributed by atoms with Crippen molar-refractivity contribution in [3.8, 4) is 11.3 Å². The van der Waals surface area contributed by atoms with Crippen molar-refractivity contribution in [2.24, 2.45) is 0 Å². The molecule has 2 aromatic heterocycles. The molecule has 0 atom stereocenters. The van der Waals surface area contributed by atoms with Crippen molar-refractivity contribution in [1.29, 1.82) is 0 Å². The van der Waals surface area contributed by atoms with Gasteiger partial charge in [0.05, 0.1) is 11.9 Å². The largest absolute Gasteiger partial charge is 0.378 e. The van der Waals surface area contributed by atoms with Gasteiger partial charge in [0.15, 0.2) is 0 Å². The Morgan fingerprint density at radius 3 is 2.48 bits per heavy atom. The van der Waals surface area contributed by atoms with Gasteiger partial charge in [-0.25, -0.2) is 9.50 Å². The Kier molecular flexibility index (Phi) is 4.11. The number of benzene rings is 2. The van der Waals surface area contributed by atoms with E-state index >= 15 is 0 Å². The molecule has 126 valence electrons. The molecule has 0 saturated heterocycles. The maximum absolute atomic E-state index is 4.66. The van der Waals surface area contributed by atoms with Gasteiger partial charge in [0.25, 0.3) is 0 Å². The number of nitrogens with zero attached hydrogens (tertiary/aromatic N) is 4. The van der Waals surface area contributed by atoms with Gasteiger partial charge >= 0.3 is 0 Å². The van der Waals surface area contributed by atoms with Crippen molar-refractivity contribution in [2.45, 2.75) is 6.54 Å². The summed E-state index contributed by atoms with van der Waals surface area (Å²) in [5.41, 5.74) is 4.48. The van der Waals surface area contributed by atoms with E-state index in [-0.39, 0.29) is 0 Å². The minimum absolute atomic E-state index is 0.746. The lowest BCUT2D eigenvalue weighted by Gasteiger charge is -2.12. The third-order valence-electron chi connectivity index (χ3n) is 4.01. The molecule has 0 bridgehead atoms. The molecule has 0 radical (unpaired) electrons. The molecule has 0 saturated carbocycles. The average Bonchev–Trinajstić information content (AvgIpc) is 3.20. The van der Waals surface area contributed by atoms with E-state index in [2.05, 4.69) is 56.7 Å². The highest BCUT2D eigenvalue weighted by Crippen LogP contribution is 2.24. The Balaban J connectivity index is 1.46. The zero-order valence-electron chi connectivity index (χ0n) is 14.2. The van der Waals surface area contributed by atoms with Crippen LogP contribution >= 0.6 is 11.3 Å². The second kappa shape index (κ2) is 6.57. The summed E-state index contributed by atoms with van der Waals surface area (Å²) in [6, 6.07) is 18.7. The summed E-state index contributed by atoms with van der Waals surface area (Å²) in [6.45, 7) is 0.746. The van der Waals surface area contributed by atoms with Crippen LogP contribution < -0.4 is 10.2 Å². The molecule has 0 amide bonds. The molecule has 2 aromatic carbocycles. The molecule has 4 rings (SSSR count). The fourth-order valence-electron chi connectivity index (χ4n) is 2.61. The van der Waals surface area contributed by atoms with E-state index in [0.717, 1.165) is 27.9 Å². The minimum Gasteiger partial charge on any atom is -0.378 e. The van der Waals surface area contributed by atoms with E-state index in [1.54, 1.807) is 11.3 Å². The number of hydrogen-bond donors (Lipinski definition) is 1. The Labute approximate surface area is 150 Å². The van der Waals surface area contributed by atoms with Gasteiger partial charge in [0.1, 0.15) is 0 Å². The van der Waals surface area contributed by atoms with Gasteiger partial charge in [-0.15, -0.1) is 5.10 Å². The quantitative estimate of drug-likeness (QED) is 0.588. The first-order chi connectivity index (χ1) is 12.2. The van der Waals surface area contributed by atoms with E-state index in [1.165, 1.54) is 11.3 Å². The highest BCUT2D eigenvalue weighted by atomic mass is 32.1. The van der Waals surface area contributed by atoms with Crippen molar-refractivity contribution in [3.63, 3.8) is 0 Å². The number of nitrogens with one attached hydrogen (secondary N) is 1. The molecule has 1 N–H and O–H groups in total. The highest BCUT2D eigenvalue weighted by Gasteiger charge is 2.09. The summed E-state index contributed by atoms with van der Waals surface area (Å²) >= 11 is 1.56. The normalized spacial score (nSPS) is 11.0. The summed E-state index contributed by atoms with van der Waals surface area (Å²) in [7, 11) is 4.09. The van der Waals surface area contributed by atoms with Crippen LogP contribution in [0.15, 0.2) is 60.8 Å². The van der Waals surface area contributed by atoms with Crippen LogP contribution in [-0.4, -0.2) is 28.7 Å². The van der Waals surface area contributed by atoms with Crippen molar-refractivity contribution in [1.82, 2.24) is 14.6 Å². The molecule has 0 aliphatic carbocycles. The molecule has 0 spiro atoms. The van der Waals surface area contributed by atoms with Gasteiger partial charge in [-0.05, 0) is 17.7 Å². The summed E-state index contributed by atoms with van der Waals surface area (Å²) in [5, 5.41) is 8.82. The van der Waals surface area contributed by atoms with E-state index in [1.807, 2.05) is 43.0 Å². The predicted octanol–water partition coefficient (Wildman–Crippen LogP) is 4.14. The van der Waals surface area contributed by atoms with Crippen LogP contribution in [0, 0.1) is 0 Å². The van der Waals surface area contributed by atoms with E-state index in [0.29, 0.717) is 0 Å². The van der Waals surface area contributed by atoms with Crippen LogP contribution in [-0.2, 0) is 6.54 Å². The first kappa shape index (κ1) is 15.7. The lowest BCUT2D eigenvalue weighted by atomic mass is 10.2. The monoisotopic (exact) mass is 349 g/mol. The van der Waals surface area contributed by atoms with Gasteiger partial charge in [0, 0.05) is 31.9 Å². The van der Waals surface area contributed by atoms with E-state index in [9.17, 15) is 0 Å². The number of hydrogen-bond acceptors (Lipinski definition) is 5. The molecule has 0 fully saturated rings. The SMILES string of the molecule is CN(C)c1ccc(CNc2nn3cc(-c4ccccc4)nc3s2)cc1. The minimum atomic E-state index is 0.746. The van der Waals surface area contributed by atoms with Crippen molar-refractivity contribution >= 4 is 27.1 Å². The van der Waals surface area contributed by atoms with Crippen molar-refractivity contribution in [3.05, 3.63) is 66.4 Å². The Hall–Kier alpha value is -2.86. The summed E-state index contributed by atoms with van der Waals surface area (Å²) < 4.78 is 1.84. The molecular formula is C19H19N5S. The molecule has 25 heavy (non-hydrogen) atoms. The molecule has 2 heterocycles. The molecule has 0 aliphatic heterocycles. The number of aromatic nitrogens is 3. The third kappa shape index (κ3) is 3.34. The van der Waals surface area contributed by atoms with Crippen LogP contribution in [0.25, 0.3) is 16.2 Å². The van der Waals surface area contributed by atoms with Crippen LogP contribution in [0.1, 0.15) is 5.56 Å². The fourth-order valence-corrected chi connectivity index (χ4v) is 3.39. The van der Waals surface area contributed by atoms with Gasteiger partial charge in [-0.1, -0.05) is 53.8 Å². The average molecular weight is 349 g/mol. The van der Waals surface area contributed by atoms with Crippen LogP contribution in [0.4, 0.5) is 10.8 Å². The van der Waals surface area contributed by atoms with Crippen molar-refractivity contribution in [2.75, 3.05) is 24.3 Å². The van der Waals surface area contributed by atoms with E-state index in [4.69, 9.17) is 0 Å². The lowest BCUT2D eigenvalue weighted by molar-refractivity contribution is 0.962. The van der Waals surface area contributed by atoms with E-state index < -0.39 is 0 Å². The second-order valence-corrected chi connectivity index (χ2v) is 7.00. The van der Waals surface area contributed by atoms with Crippen LogP contribution in [0.3, 0.4) is 0 Å². The summed E-state index contributed by atoms with van der Waals surface area (Å²) in [6.07, 6.45) is 1.97. The van der Waals surface area contributed by atoms with Gasteiger partial charge in [-0.3, -0.25) is 0 Å². The summed E-state index contributed by atoms with van der Waals surface area (Å²) in [5.74, 6) is 0. The van der Waals surface area contributed by atoms with Crippen molar-refractivity contribution < 1.29 is 0 Å². The lowest BCUT2D eigenvalue weighted by Crippen LogP contribution is -2.08. The number of imidazole rings is 1. The Bertz CT molecular complexity index is 939. The molecular weight excluding hydrogens is 330 g/mol. The first-order valence-electron chi connectivity index (χ1n) is 8.11. The zero-order chi connectivity index (χ0) is 17.2. The van der Waals surface area contributed by atoms with Gasteiger partial charge in [-0.2, -0.15) is 0 Å². The highest BCUT2D eigenvalue weighted by molar-refractivity contribution is 7.20. The molecule has 5 nitrogen and oxygen atoms in total. The molecule has 4 aromatic rings. The Morgan fingerprint density at radius 1 is 1.04 bits per heavy atom. The second-order valence-electron chi connectivity index (χ2n) is 6.04. The first-order valence-corrected chi connectivity index (χ1v) is 8.92. The maximum atomic E-state index is 4.66. The molecule has 0 unspecified atom stereocenters. The fraction of sp³-hybridized carbons (Fsp3) is 0.158. The zero-order valence-corrected chi connectivity index (χ0v) is 15.0. The smallest absolute Gasteiger partial charge is 0.214 e. The van der Waals surface area contributed by atoms with Crippen LogP contribution in [0.5, 0.6) is 0 Å². The summed E-state index contributed by atoms with van der Waals surface area (Å²) in [4.78, 5) is 7.65. The maximum Gasteiger partial charge on any atom is 0.214 e. The molecule has 6 heteroatoms. The number of fused-ring (bicyclic) bond motifs is 1. The number of anilines is 2. The Morgan fingerprint density at radius 2 is 1.80 bits per heavy atom. The number of rotatable bonds is 5. The third-order valence-corrected chi connectivity index (χ3v) is 4.89. The van der Waals surface area contributed by atoms with Crippen LogP contribution in [0.2, 0.25) is 0 Å². The predicted molar refractivity (Wildman–Crippen MR) is 104 cm³/mol.